The van der Waals surface area contributed by atoms with Crippen LogP contribution in [0, 0.1) is 5.41 Å². The lowest BCUT2D eigenvalue weighted by molar-refractivity contribution is 0.232. The Hall–Kier alpha value is -3.91. The standard InChI is InChI=1S/C25H27ClN4O4/c1-29(25(31)30(2)24(27)28)21-19(26)14-20(33-15-17-10-6-4-7-11-17)22(23(21)32-3)34-16-18-12-8-5-9-13-18/h4-14H,15-16H2,1-3H3,(H3,27,28). The van der Waals surface area contributed by atoms with Crippen molar-refractivity contribution in [2.24, 2.45) is 5.73 Å². The Morgan fingerprint density at radius 2 is 1.47 bits per heavy atom. The molecule has 0 aliphatic carbocycles. The molecule has 8 nitrogen and oxygen atoms in total. The number of hydrogen-bond donors (Lipinski definition) is 2. The second-order valence-electron chi connectivity index (χ2n) is 7.40. The third kappa shape index (κ3) is 5.71. The van der Waals surface area contributed by atoms with Crippen molar-refractivity contribution < 1.29 is 19.0 Å². The van der Waals surface area contributed by atoms with E-state index in [1.165, 1.54) is 26.1 Å². The molecule has 0 heterocycles. The predicted molar refractivity (Wildman–Crippen MR) is 133 cm³/mol. The molecule has 34 heavy (non-hydrogen) atoms. The van der Waals surface area contributed by atoms with Crippen LogP contribution in [0.15, 0.2) is 66.7 Å². The van der Waals surface area contributed by atoms with Gasteiger partial charge in [0.25, 0.3) is 0 Å². The van der Waals surface area contributed by atoms with Crippen molar-refractivity contribution in [1.29, 1.82) is 5.41 Å². The Morgan fingerprint density at radius 1 is 0.941 bits per heavy atom. The summed E-state index contributed by atoms with van der Waals surface area (Å²) in [7, 11) is 4.36. The van der Waals surface area contributed by atoms with E-state index in [4.69, 9.17) is 37.0 Å². The summed E-state index contributed by atoms with van der Waals surface area (Å²) < 4.78 is 17.9. The average Bonchev–Trinajstić information content (AvgIpc) is 2.86. The van der Waals surface area contributed by atoms with Gasteiger partial charge in [-0.25, -0.2) is 4.79 Å². The molecule has 0 aromatic heterocycles. The second kappa shape index (κ2) is 11.3. The number of ether oxygens (including phenoxy) is 3. The number of carbonyl (C=O) groups excluding carboxylic acids is 1. The number of methoxy groups -OCH3 is 1. The van der Waals surface area contributed by atoms with E-state index in [2.05, 4.69) is 0 Å². The Morgan fingerprint density at radius 3 is 1.97 bits per heavy atom. The zero-order valence-electron chi connectivity index (χ0n) is 19.2. The molecule has 178 valence electrons. The largest absolute Gasteiger partial charge is 0.491 e. The SMILES string of the molecule is COc1c(OCc2ccccc2)c(OCc2ccccc2)cc(Cl)c1N(C)C(=O)N(C)C(=N)N. The number of hydrogen-bond acceptors (Lipinski definition) is 5. The van der Waals surface area contributed by atoms with Gasteiger partial charge in [0.15, 0.2) is 17.5 Å². The lowest BCUT2D eigenvalue weighted by Gasteiger charge is -2.27. The maximum Gasteiger partial charge on any atom is 0.330 e. The lowest BCUT2D eigenvalue weighted by Crippen LogP contribution is -2.45. The molecule has 3 rings (SSSR count). The summed E-state index contributed by atoms with van der Waals surface area (Å²) in [6.45, 7) is 0.522. The first-order valence-corrected chi connectivity index (χ1v) is 10.8. The summed E-state index contributed by atoms with van der Waals surface area (Å²) in [5, 5.41) is 7.77. The Labute approximate surface area is 203 Å². The van der Waals surface area contributed by atoms with E-state index < -0.39 is 12.0 Å². The summed E-state index contributed by atoms with van der Waals surface area (Å²) >= 11 is 6.59. The minimum atomic E-state index is -0.570. The van der Waals surface area contributed by atoms with Gasteiger partial charge >= 0.3 is 6.03 Å². The molecule has 3 N–H and O–H groups in total. The minimum Gasteiger partial charge on any atom is -0.491 e. The van der Waals surface area contributed by atoms with E-state index >= 15 is 0 Å². The van der Waals surface area contributed by atoms with Crippen LogP contribution >= 0.6 is 11.6 Å². The molecule has 0 aliphatic rings. The number of anilines is 1. The summed E-state index contributed by atoms with van der Waals surface area (Å²) in [6, 6.07) is 20.3. The number of benzene rings is 3. The molecular weight excluding hydrogens is 456 g/mol. The van der Waals surface area contributed by atoms with Crippen molar-refractivity contribution in [2.75, 3.05) is 26.1 Å². The van der Waals surface area contributed by atoms with Gasteiger partial charge in [-0.2, -0.15) is 0 Å². The third-order valence-electron chi connectivity index (χ3n) is 5.07. The first-order valence-electron chi connectivity index (χ1n) is 10.4. The van der Waals surface area contributed by atoms with Gasteiger partial charge in [-0.3, -0.25) is 15.2 Å². The van der Waals surface area contributed by atoms with Crippen molar-refractivity contribution in [1.82, 2.24) is 4.90 Å². The molecule has 0 saturated heterocycles. The van der Waals surface area contributed by atoms with Crippen LogP contribution in [0.5, 0.6) is 17.2 Å². The van der Waals surface area contributed by atoms with Crippen LogP contribution in [0.1, 0.15) is 11.1 Å². The van der Waals surface area contributed by atoms with Crippen molar-refractivity contribution >= 4 is 29.3 Å². The number of nitrogens with zero attached hydrogens (tertiary/aromatic N) is 2. The smallest absolute Gasteiger partial charge is 0.330 e. The molecule has 0 radical (unpaired) electrons. The highest BCUT2D eigenvalue weighted by molar-refractivity contribution is 6.34. The first kappa shape index (κ1) is 24.7. The number of halogens is 1. The number of urea groups is 1. The van der Waals surface area contributed by atoms with Gasteiger partial charge in [0.1, 0.15) is 18.9 Å². The molecule has 0 aliphatic heterocycles. The Bertz CT molecular complexity index is 1140. The monoisotopic (exact) mass is 482 g/mol. The highest BCUT2D eigenvalue weighted by atomic mass is 35.5. The van der Waals surface area contributed by atoms with Crippen LogP contribution in [0.4, 0.5) is 10.5 Å². The first-order chi connectivity index (χ1) is 16.3. The second-order valence-corrected chi connectivity index (χ2v) is 7.81. The molecule has 0 unspecified atom stereocenters. The molecule has 0 spiro atoms. The van der Waals surface area contributed by atoms with Crippen molar-refractivity contribution in [3.05, 3.63) is 82.9 Å². The highest BCUT2D eigenvalue weighted by Gasteiger charge is 2.28. The fourth-order valence-corrected chi connectivity index (χ4v) is 3.52. The highest BCUT2D eigenvalue weighted by Crippen LogP contribution is 2.49. The summed E-state index contributed by atoms with van der Waals surface area (Å²) in [5.41, 5.74) is 7.64. The number of carbonyl (C=O) groups is 1. The number of nitrogens with two attached hydrogens (primary N) is 1. The van der Waals surface area contributed by atoms with Crippen LogP contribution in [-0.2, 0) is 13.2 Å². The van der Waals surface area contributed by atoms with Gasteiger partial charge < -0.3 is 19.9 Å². The van der Waals surface area contributed by atoms with Crippen LogP contribution in [0.25, 0.3) is 0 Å². The van der Waals surface area contributed by atoms with E-state index in [0.29, 0.717) is 11.5 Å². The minimum absolute atomic E-state index is 0.208. The summed E-state index contributed by atoms with van der Waals surface area (Å²) in [4.78, 5) is 15.1. The molecule has 0 atom stereocenters. The van der Waals surface area contributed by atoms with Crippen LogP contribution in [0.2, 0.25) is 5.02 Å². The third-order valence-corrected chi connectivity index (χ3v) is 5.36. The van der Waals surface area contributed by atoms with E-state index in [0.717, 1.165) is 16.0 Å². The van der Waals surface area contributed by atoms with Crippen molar-refractivity contribution in [3.8, 4) is 17.2 Å². The van der Waals surface area contributed by atoms with Gasteiger partial charge in [0, 0.05) is 20.2 Å². The van der Waals surface area contributed by atoms with Crippen molar-refractivity contribution in [3.63, 3.8) is 0 Å². The zero-order chi connectivity index (χ0) is 24.7. The van der Waals surface area contributed by atoms with Gasteiger partial charge in [-0.1, -0.05) is 72.3 Å². The quantitative estimate of drug-likeness (QED) is 0.351. The molecule has 0 saturated carbocycles. The Kier molecular flexibility index (Phi) is 8.21. The summed E-state index contributed by atoms with van der Waals surface area (Å²) in [6.07, 6.45) is 0. The molecule has 9 heteroatoms. The van der Waals surface area contributed by atoms with Crippen LogP contribution in [0.3, 0.4) is 0 Å². The Balaban J connectivity index is 2.02. The molecule has 3 aromatic rings. The number of rotatable bonds is 8. The fourth-order valence-electron chi connectivity index (χ4n) is 3.21. The fraction of sp³-hybridized carbons (Fsp3) is 0.200. The molecular formula is C25H27ClN4O4. The number of guanidine groups is 1. The maximum atomic E-state index is 12.8. The van der Waals surface area contributed by atoms with E-state index in [1.54, 1.807) is 6.07 Å². The molecule has 2 amide bonds. The van der Waals surface area contributed by atoms with Gasteiger partial charge in [-0.15, -0.1) is 0 Å². The lowest BCUT2D eigenvalue weighted by atomic mass is 10.2. The van der Waals surface area contributed by atoms with E-state index in [9.17, 15) is 4.79 Å². The molecule has 0 bridgehead atoms. The van der Waals surface area contributed by atoms with E-state index in [1.807, 2.05) is 60.7 Å². The van der Waals surface area contributed by atoms with Gasteiger partial charge in [0.2, 0.25) is 5.75 Å². The zero-order valence-corrected chi connectivity index (χ0v) is 20.0. The van der Waals surface area contributed by atoms with Crippen molar-refractivity contribution in [2.45, 2.75) is 13.2 Å². The predicted octanol–water partition coefficient (Wildman–Crippen LogP) is 4.89. The molecule has 3 aromatic carbocycles. The maximum absolute atomic E-state index is 12.8. The topological polar surface area (TPSA) is 101 Å². The van der Waals surface area contributed by atoms with Crippen LogP contribution < -0.4 is 24.8 Å². The van der Waals surface area contributed by atoms with E-state index in [-0.39, 0.29) is 29.7 Å². The number of nitrogens with one attached hydrogen (secondary N) is 1. The average molecular weight is 483 g/mol. The normalized spacial score (nSPS) is 10.4. The van der Waals surface area contributed by atoms with Gasteiger partial charge in [0.05, 0.1) is 12.1 Å². The summed E-state index contributed by atoms with van der Waals surface area (Å²) in [5.74, 6) is 0.479. The molecule has 0 fully saturated rings. The van der Waals surface area contributed by atoms with Crippen LogP contribution in [-0.4, -0.2) is 38.1 Å². The van der Waals surface area contributed by atoms with Gasteiger partial charge in [-0.05, 0) is 11.1 Å². The number of amides is 2.